The van der Waals surface area contributed by atoms with Crippen molar-refractivity contribution in [1.82, 2.24) is 9.97 Å². The summed E-state index contributed by atoms with van der Waals surface area (Å²) in [6, 6.07) is 1.73. The van der Waals surface area contributed by atoms with Crippen LogP contribution < -0.4 is 11.3 Å². The standard InChI is InChI=1S/C9H10N4S/c1-6-4-14-5-7(6)9-11-3-2-8(12-9)13-10/h2-5H,10H2,1H3,(H,11,12,13). The Hall–Kier alpha value is -1.46. The average Bonchev–Trinajstić information content (AvgIpc) is 2.65. The fourth-order valence-corrected chi connectivity index (χ4v) is 1.98. The van der Waals surface area contributed by atoms with Crippen molar-refractivity contribution in [2.45, 2.75) is 6.92 Å². The number of rotatable bonds is 2. The summed E-state index contributed by atoms with van der Waals surface area (Å²) in [5.74, 6) is 6.61. The number of aromatic nitrogens is 2. The van der Waals surface area contributed by atoms with Crippen molar-refractivity contribution >= 4 is 17.2 Å². The molecule has 2 aromatic rings. The molecule has 0 unspecified atom stereocenters. The molecule has 0 amide bonds. The minimum absolute atomic E-state index is 0.626. The smallest absolute Gasteiger partial charge is 0.162 e. The highest BCUT2D eigenvalue weighted by molar-refractivity contribution is 7.08. The van der Waals surface area contributed by atoms with E-state index in [2.05, 4.69) is 20.8 Å². The highest BCUT2D eigenvalue weighted by Gasteiger charge is 2.05. The van der Waals surface area contributed by atoms with Crippen molar-refractivity contribution in [3.8, 4) is 11.4 Å². The van der Waals surface area contributed by atoms with Crippen LogP contribution in [0, 0.1) is 6.92 Å². The summed E-state index contributed by atoms with van der Waals surface area (Å²) in [6.45, 7) is 2.04. The number of aryl methyl sites for hydroxylation is 1. The maximum Gasteiger partial charge on any atom is 0.162 e. The molecule has 5 heteroatoms. The zero-order valence-electron chi connectivity index (χ0n) is 7.69. The van der Waals surface area contributed by atoms with Crippen molar-refractivity contribution in [2.75, 3.05) is 5.43 Å². The third kappa shape index (κ3) is 1.59. The van der Waals surface area contributed by atoms with Gasteiger partial charge in [0, 0.05) is 23.2 Å². The molecule has 4 nitrogen and oxygen atoms in total. The van der Waals surface area contributed by atoms with Crippen LogP contribution in [0.15, 0.2) is 23.0 Å². The van der Waals surface area contributed by atoms with Gasteiger partial charge >= 0.3 is 0 Å². The lowest BCUT2D eigenvalue weighted by Crippen LogP contribution is -2.09. The van der Waals surface area contributed by atoms with Crippen molar-refractivity contribution in [3.63, 3.8) is 0 Å². The molecule has 0 aliphatic heterocycles. The summed E-state index contributed by atoms with van der Waals surface area (Å²) in [5.41, 5.74) is 4.75. The number of nitrogen functional groups attached to an aromatic ring is 1. The Labute approximate surface area is 85.8 Å². The minimum Gasteiger partial charge on any atom is -0.308 e. The predicted octanol–water partition coefficient (Wildman–Crippen LogP) is 1.80. The third-order valence-electron chi connectivity index (χ3n) is 1.90. The molecule has 14 heavy (non-hydrogen) atoms. The van der Waals surface area contributed by atoms with Crippen molar-refractivity contribution in [2.24, 2.45) is 5.84 Å². The van der Waals surface area contributed by atoms with E-state index < -0.39 is 0 Å². The summed E-state index contributed by atoms with van der Waals surface area (Å²) in [4.78, 5) is 8.44. The summed E-state index contributed by atoms with van der Waals surface area (Å²) >= 11 is 1.64. The van der Waals surface area contributed by atoms with E-state index >= 15 is 0 Å². The van der Waals surface area contributed by atoms with Crippen LogP contribution in [0.5, 0.6) is 0 Å². The van der Waals surface area contributed by atoms with E-state index in [0.29, 0.717) is 11.6 Å². The Bertz CT molecular complexity index is 438. The van der Waals surface area contributed by atoms with E-state index in [9.17, 15) is 0 Å². The Morgan fingerprint density at radius 2 is 2.29 bits per heavy atom. The quantitative estimate of drug-likeness (QED) is 0.581. The van der Waals surface area contributed by atoms with E-state index in [-0.39, 0.29) is 0 Å². The first-order valence-electron chi connectivity index (χ1n) is 4.14. The Balaban J connectivity index is 2.47. The highest BCUT2D eigenvalue weighted by Crippen LogP contribution is 2.23. The lowest BCUT2D eigenvalue weighted by molar-refractivity contribution is 1.14. The van der Waals surface area contributed by atoms with Crippen LogP contribution in [0.2, 0.25) is 0 Å². The van der Waals surface area contributed by atoms with E-state index in [4.69, 9.17) is 5.84 Å². The average molecular weight is 206 g/mol. The molecule has 0 radical (unpaired) electrons. The molecule has 2 aromatic heterocycles. The molecular formula is C9H10N4S. The SMILES string of the molecule is Cc1cscc1-c1nccc(NN)n1. The second kappa shape index (κ2) is 3.73. The van der Waals surface area contributed by atoms with Crippen LogP contribution in [-0.4, -0.2) is 9.97 Å². The number of nitrogens with two attached hydrogens (primary N) is 1. The van der Waals surface area contributed by atoms with Crippen LogP contribution in [0.25, 0.3) is 11.4 Å². The van der Waals surface area contributed by atoms with Gasteiger partial charge in [0.05, 0.1) is 0 Å². The van der Waals surface area contributed by atoms with Crippen LogP contribution >= 0.6 is 11.3 Å². The molecule has 2 rings (SSSR count). The lowest BCUT2D eigenvalue weighted by atomic mass is 10.2. The Morgan fingerprint density at radius 3 is 2.93 bits per heavy atom. The van der Waals surface area contributed by atoms with Crippen LogP contribution in [0.1, 0.15) is 5.56 Å². The van der Waals surface area contributed by atoms with E-state index in [1.165, 1.54) is 5.56 Å². The topological polar surface area (TPSA) is 63.8 Å². The summed E-state index contributed by atoms with van der Waals surface area (Å²) < 4.78 is 0. The van der Waals surface area contributed by atoms with Gasteiger partial charge in [0.25, 0.3) is 0 Å². The molecule has 0 aliphatic rings. The Kier molecular flexibility index (Phi) is 2.43. The van der Waals surface area contributed by atoms with Gasteiger partial charge in [-0.15, -0.1) is 0 Å². The first kappa shape index (κ1) is 9.11. The van der Waals surface area contributed by atoms with Crippen LogP contribution in [0.4, 0.5) is 5.82 Å². The van der Waals surface area contributed by atoms with Gasteiger partial charge in [-0.1, -0.05) is 0 Å². The zero-order chi connectivity index (χ0) is 9.97. The molecule has 0 aliphatic carbocycles. The first-order valence-corrected chi connectivity index (χ1v) is 5.08. The fraction of sp³-hybridized carbons (Fsp3) is 0.111. The summed E-state index contributed by atoms with van der Waals surface area (Å²) in [5, 5.41) is 4.10. The van der Waals surface area contributed by atoms with Crippen LogP contribution in [0.3, 0.4) is 0 Å². The van der Waals surface area contributed by atoms with Crippen LogP contribution in [-0.2, 0) is 0 Å². The molecule has 0 bridgehead atoms. The molecule has 0 saturated heterocycles. The molecule has 0 atom stereocenters. The lowest BCUT2D eigenvalue weighted by Gasteiger charge is -2.01. The van der Waals surface area contributed by atoms with Gasteiger partial charge in [0.1, 0.15) is 5.82 Å². The molecule has 0 fully saturated rings. The van der Waals surface area contributed by atoms with Crippen molar-refractivity contribution in [1.29, 1.82) is 0 Å². The van der Waals surface area contributed by atoms with Gasteiger partial charge in [-0.2, -0.15) is 11.3 Å². The molecule has 72 valence electrons. The second-order valence-electron chi connectivity index (χ2n) is 2.88. The molecule has 0 aromatic carbocycles. The predicted molar refractivity (Wildman–Crippen MR) is 57.9 cm³/mol. The highest BCUT2D eigenvalue weighted by atomic mass is 32.1. The second-order valence-corrected chi connectivity index (χ2v) is 3.62. The van der Waals surface area contributed by atoms with Gasteiger partial charge in [-0.25, -0.2) is 15.8 Å². The van der Waals surface area contributed by atoms with E-state index in [1.807, 2.05) is 12.3 Å². The van der Waals surface area contributed by atoms with Crippen molar-refractivity contribution < 1.29 is 0 Å². The van der Waals surface area contributed by atoms with Gasteiger partial charge in [0.15, 0.2) is 5.82 Å². The van der Waals surface area contributed by atoms with E-state index in [0.717, 1.165) is 5.56 Å². The summed E-state index contributed by atoms with van der Waals surface area (Å²) in [7, 11) is 0. The maximum absolute atomic E-state index is 5.27. The van der Waals surface area contributed by atoms with Gasteiger partial charge < -0.3 is 5.43 Å². The summed E-state index contributed by atoms with van der Waals surface area (Å²) in [6.07, 6.45) is 1.69. The number of hydrazine groups is 1. The Morgan fingerprint density at radius 1 is 1.43 bits per heavy atom. The maximum atomic E-state index is 5.27. The van der Waals surface area contributed by atoms with Gasteiger partial charge in [-0.05, 0) is 17.9 Å². The van der Waals surface area contributed by atoms with Gasteiger partial charge in [-0.3, -0.25) is 0 Å². The first-order chi connectivity index (χ1) is 6.81. The molecule has 3 N–H and O–H groups in total. The number of hydrogen-bond donors (Lipinski definition) is 2. The normalized spacial score (nSPS) is 10.1. The number of hydrogen-bond acceptors (Lipinski definition) is 5. The largest absolute Gasteiger partial charge is 0.308 e. The number of thiophene rings is 1. The number of nitrogens with one attached hydrogen (secondary N) is 1. The van der Waals surface area contributed by atoms with Gasteiger partial charge in [0.2, 0.25) is 0 Å². The molecule has 0 saturated carbocycles. The molecular weight excluding hydrogens is 196 g/mol. The molecule has 0 spiro atoms. The zero-order valence-corrected chi connectivity index (χ0v) is 8.51. The minimum atomic E-state index is 0.626. The number of nitrogens with zero attached hydrogens (tertiary/aromatic N) is 2. The van der Waals surface area contributed by atoms with Crippen molar-refractivity contribution in [3.05, 3.63) is 28.6 Å². The third-order valence-corrected chi connectivity index (χ3v) is 2.76. The monoisotopic (exact) mass is 206 g/mol. The molecule has 2 heterocycles. The van der Waals surface area contributed by atoms with E-state index in [1.54, 1.807) is 23.6 Å². The number of anilines is 1. The fourth-order valence-electron chi connectivity index (χ4n) is 1.16.